The minimum absolute atomic E-state index is 0.625. The molecule has 4 heteroatoms. The Labute approximate surface area is 126 Å². The molecule has 0 aliphatic rings. The lowest BCUT2D eigenvalue weighted by molar-refractivity contribution is 0.895. The minimum Gasteiger partial charge on any atom is -0.384 e. The van der Waals surface area contributed by atoms with E-state index in [0.717, 1.165) is 21.4 Å². The summed E-state index contributed by atoms with van der Waals surface area (Å²) in [6.07, 6.45) is 0. The number of nitrogens with zero attached hydrogens (tertiary/aromatic N) is 2. The van der Waals surface area contributed by atoms with Crippen LogP contribution in [0.3, 0.4) is 0 Å². The molecular formula is C16H14BrN3. The van der Waals surface area contributed by atoms with E-state index >= 15 is 0 Å². The highest BCUT2D eigenvalue weighted by Gasteiger charge is 2.12. The van der Waals surface area contributed by atoms with Crippen molar-refractivity contribution in [3.63, 3.8) is 0 Å². The molecule has 0 unspecified atom stereocenters. The maximum atomic E-state index is 6.08. The molecule has 0 amide bonds. The van der Waals surface area contributed by atoms with Crippen LogP contribution in [0.2, 0.25) is 0 Å². The van der Waals surface area contributed by atoms with E-state index in [4.69, 9.17) is 5.73 Å². The van der Waals surface area contributed by atoms with Gasteiger partial charge in [0, 0.05) is 16.1 Å². The van der Waals surface area contributed by atoms with Gasteiger partial charge < -0.3 is 5.73 Å². The van der Waals surface area contributed by atoms with Crippen LogP contribution in [0.5, 0.6) is 0 Å². The van der Waals surface area contributed by atoms with Crippen LogP contribution >= 0.6 is 15.9 Å². The maximum absolute atomic E-state index is 6.08. The SMILES string of the molecule is Cc1cccc(-c2cc(N)n(-c3ccccc3)n2)c1Br. The van der Waals surface area contributed by atoms with Gasteiger partial charge in [-0.3, -0.25) is 0 Å². The standard InChI is InChI=1S/C16H14BrN3/c1-11-6-5-9-13(16(11)17)14-10-15(18)20(19-14)12-7-3-2-4-8-12/h2-10H,18H2,1H3. The Balaban J connectivity index is 2.12. The summed E-state index contributed by atoms with van der Waals surface area (Å²) < 4.78 is 2.81. The van der Waals surface area contributed by atoms with Crippen molar-refractivity contribution in [2.75, 3.05) is 5.73 Å². The first-order valence-corrected chi connectivity index (χ1v) is 7.12. The summed E-state index contributed by atoms with van der Waals surface area (Å²) in [5.74, 6) is 0.625. The number of para-hydroxylation sites is 1. The molecule has 0 saturated carbocycles. The summed E-state index contributed by atoms with van der Waals surface area (Å²) in [5.41, 5.74) is 10.1. The number of nitrogen functional groups attached to an aromatic ring is 1. The van der Waals surface area contributed by atoms with Gasteiger partial charge in [0.15, 0.2) is 0 Å². The number of aryl methyl sites for hydroxylation is 1. The molecule has 0 aliphatic carbocycles. The fourth-order valence-electron chi connectivity index (χ4n) is 2.15. The zero-order valence-corrected chi connectivity index (χ0v) is 12.6. The first-order chi connectivity index (χ1) is 9.66. The number of benzene rings is 2. The molecule has 3 aromatic rings. The Morgan fingerprint density at radius 3 is 2.55 bits per heavy atom. The zero-order chi connectivity index (χ0) is 14.1. The molecule has 0 saturated heterocycles. The number of hydrogen-bond acceptors (Lipinski definition) is 2. The normalized spacial score (nSPS) is 10.7. The molecule has 0 radical (unpaired) electrons. The third kappa shape index (κ3) is 2.23. The lowest BCUT2D eigenvalue weighted by Gasteiger charge is -2.04. The molecule has 3 rings (SSSR count). The van der Waals surface area contributed by atoms with Crippen LogP contribution in [0.25, 0.3) is 16.9 Å². The first-order valence-electron chi connectivity index (χ1n) is 6.33. The lowest BCUT2D eigenvalue weighted by atomic mass is 10.1. The highest BCUT2D eigenvalue weighted by molar-refractivity contribution is 9.10. The first kappa shape index (κ1) is 12.9. The third-order valence-corrected chi connectivity index (χ3v) is 4.26. The molecule has 1 aromatic heterocycles. The number of aromatic nitrogens is 2. The molecule has 0 aliphatic heterocycles. The van der Waals surface area contributed by atoms with Gasteiger partial charge in [-0.05, 0) is 40.5 Å². The minimum atomic E-state index is 0.625. The molecule has 100 valence electrons. The van der Waals surface area contributed by atoms with Crippen molar-refractivity contribution in [2.24, 2.45) is 0 Å². The van der Waals surface area contributed by atoms with Crippen molar-refractivity contribution in [3.8, 4) is 16.9 Å². The molecule has 0 bridgehead atoms. The number of hydrogen-bond donors (Lipinski definition) is 1. The number of nitrogens with two attached hydrogens (primary N) is 1. The van der Waals surface area contributed by atoms with Crippen molar-refractivity contribution in [1.82, 2.24) is 9.78 Å². The van der Waals surface area contributed by atoms with Crippen molar-refractivity contribution in [3.05, 3.63) is 64.6 Å². The van der Waals surface area contributed by atoms with Crippen LogP contribution in [0.15, 0.2) is 59.1 Å². The van der Waals surface area contributed by atoms with E-state index in [2.05, 4.69) is 34.0 Å². The van der Waals surface area contributed by atoms with E-state index in [1.165, 1.54) is 5.56 Å². The van der Waals surface area contributed by atoms with Gasteiger partial charge >= 0.3 is 0 Å². The van der Waals surface area contributed by atoms with Crippen LogP contribution in [0, 0.1) is 6.92 Å². The van der Waals surface area contributed by atoms with Crippen LogP contribution in [-0.2, 0) is 0 Å². The van der Waals surface area contributed by atoms with Crippen molar-refractivity contribution in [1.29, 1.82) is 0 Å². The fourth-order valence-corrected chi connectivity index (χ4v) is 2.62. The number of anilines is 1. The van der Waals surface area contributed by atoms with Gasteiger partial charge in [-0.1, -0.05) is 36.4 Å². The van der Waals surface area contributed by atoms with Crippen molar-refractivity contribution in [2.45, 2.75) is 6.92 Å². The molecule has 2 N–H and O–H groups in total. The van der Waals surface area contributed by atoms with Gasteiger partial charge in [0.2, 0.25) is 0 Å². The molecule has 0 atom stereocenters. The second kappa shape index (κ2) is 5.13. The average Bonchev–Trinajstić information content (AvgIpc) is 2.85. The number of rotatable bonds is 2. The second-order valence-corrected chi connectivity index (χ2v) is 5.43. The summed E-state index contributed by atoms with van der Waals surface area (Å²) in [4.78, 5) is 0. The highest BCUT2D eigenvalue weighted by Crippen LogP contribution is 2.31. The summed E-state index contributed by atoms with van der Waals surface area (Å²) in [6, 6.07) is 17.9. The molecule has 20 heavy (non-hydrogen) atoms. The van der Waals surface area contributed by atoms with E-state index in [0.29, 0.717) is 5.82 Å². The Hall–Kier alpha value is -2.07. The Morgan fingerprint density at radius 2 is 1.80 bits per heavy atom. The quantitative estimate of drug-likeness (QED) is 0.766. The highest BCUT2D eigenvalue weighted by atomic mass is 79.9. The fraction of sp³-hybridized carbons (Fsp3) is 0.0625. The Kier molecular flexibility index (Phi) is 3.32. The zero-order valence-electron chi connectivity index (χ0n) is 11.0. The average molecular weight is 328 g/mol. The Morgan fingerprint density at radius 1 is 1.05 bits per heavy atom. The van der Waals surface area contributed by atoms with E-state index in [9.17, 15) is 0 Å². The summed E-state index contributed by atoms with van der Waals surface area (Å²) >= 11 is 3.62. The number of halogens is 1. The Bertz CT molecular complexity index is 748. The second-order valence-electron chi connectivity index (χ2n) is 4.64. The van der Waals surface area contributed by atoms with Crippen molar-refractivity contribution < 1.29 is 0 Å². The molecule has 3 nitrogen and oxygen atoms in total. The predicted molar refractivity (Wildman–Crippen MR) is 85.8 cm³/mol. The molecule has 0 fully saturated rings. The molecule has 1 heterocycles. The maximum Gasteiger partial charge on any atom is 0.127 e. The summed E-state index contributed by atoms with van der Waals surface area (Å²) in [5, 5.41) is 4.61. The van der Waals surface area contributed by atoms with E-state index in [1.54, 1.807) is 4.68 Å². The van der Waals surface area contributed by atoms with Gasteiger partial charge in [0.1, 0.15) is 5.82 Å². The van der Waals surface area contributed by atoms with Gasteiger partial charge in [-0.2, -0.15) is 5.10 Å². The monoisotopic (exact) mass is 327 g/mol. The van der Waals surface area contributed by atoms with Crippen LogP contribution in [0.4, 0.5) is 5.82 Å². The van der Waals surface area contributed by atoms with Crippen LogP contribution < -0.4 is 5.73 Å². The van der Waals surface area contributed by atoms with Gasteiger partial charge in [-0.25, -0.2) is 4.68 Å². The van der Waals surface area contributed by atoms with E-state index < -0.39 is 0 Å². The predicted octanol–water partition coefficient (Wildman–Crippen LogP) is 4.19. The summed E-state index contributed by atoms with van der Waals surface area (Å²) in [7, 11) is 0. The largest absolute Gasteiger partial charge is 0.384 e. The summed E-state index contributed by atoms with van der Waals surface area (Å²) in [6.45, 7) is 2.06. The van der Waals surface area contributed by atoms with E-state index in [1.807, 2.05) is 48.5 Å². The van der Waals surface area contributed by atoms with Crippen LogP contribution in [0.1, 0.15) is 5.56 Å². The lowest BCUT2D eigenvalue weighted by Crippen LogP contribution is -2.01. The smallest absolute Gasteiger partial charge is 0.127 e. The van der Waals surface area contributed by atoms with Gasteiger partial charge in [0.25, 0.3) is 0 Å². The van der Waals surface area contributed by atoms with Crippen LogP contribution in [-0.4, -0.2) is 9.78 Å². The van der Waals surface area contributed by atoms with Gasteiger partial charge in [-0.15, -0.1) is 0 Å². The third-order valence-electron chi connectivity index (χ3n) is 3.21. The van der Waals surface area contributed by atoms with Crippen molar-refractivity contribution >= 4 is 21.7 Å². The molecular weight excluding hydrogens is 314 g/mol. The van der Waals surface area contributed by atoms with E-state index in [-0.39, 0.29) is 0 Å². The molecule has 0 spiro atoms. The topological polar surface area (TPSA) is 43.8 Å². The molecule has 2 aromatic carbocycles. The van der Waals surface area contributed by atoms with Gasteiger partial charge in [0.05, 0.1) is 11.4 Å².